The fourth-order valence-electron chi connectivity index (χ4n) is 4.55. The minimum absolute atomic E-state index is 0.0384. The predicted molar refractivity (Wildman–Crippen MR) is 113 cm³/mol. The molecular formula is C23H38O9. The molecule has 0 radical (unpaired) electrons. The zero-order valence-corrected chi connectivity index (χ0v) is 20.4. The van der Waals surface area contributed by atoms with Gasteiger partial charge in [0.05, 0.1) is 12.2 Å². The summed E-state index contributed by atoms with van der Waals surface area (Å²) in [6.07, 6.45) is -3.03. The molecule has 2 saturated heterocycles. The summed E-state index contributed by atoms with van der Waals surface area (Å²) in [5.74, 6) is -1.74. The number of hydrogen-bond acceptors (Lipinski definition) is 9. The van der Waals surface area contributed by atoms with E-state index in [4.69, 9.17) is 28.4 Å². The first-order valence-corrected chi connectivity index (χ1v) is 11.5. The zero-order valence-electron chi connectivity index (χ0n) is 20.4. The third-order valence-electron chi connectivity index (χ3n) is 6.44. The van der Waals surface area contributed by atoms with Crippen molar-refractivity contribution in [1.82, 2.24) is 0 Å². The van der Waals surface area contributed by atoms with E-state index in [9.17, 15) is 14.4 Å². The molecule has 10 atom stereocenters. The lowest BCUT2D eigenvalue weighted by atomic mass is 9.83. The van der Waals surface area contributed by atoms with Crippen molar-refractivity contribution in [3.63, 3.8) is 0 Å². The van der Waals surface area contributed by atoms with Gasteiger partial charge in [-0.1, -0.05) is 34.6 Å². The van der Waals surface area contributed by atoms with Crippen LogP contribution in [0.4, 0.5) is 0 Å². The van der Waals surface area contributed by atoms with Gasteiger partial charge in [0.2, 0.25) is 6.29 Å². The van der Waals surface area contributed by atoms with Gasteiger partial charge in [-0.25, -0.2) is 0 Å². The lowest BCUT2D eigenvalue weighted by molar-refractivity contribution is -0.359. The van der Waals surface area contributed by atoms with Crippen LogP contribution in [0.2, 0.25) is 0 Å². The van der Waals surface area contributed by atoms with Crippen LogP contribution in [0.15, 0.2) is 0 Å². The maximum Gasteiger partial charge on any atom is 0.303 e. The van der Waals surface area contributed by atoms with E-state index in [0.29, 0.717) is 12.8 Å². The van der Waals surface area contributed by atoms with Crippen LogP contribution in [0.25, 0.3) is 0 Å². The van der Waals surface area contributed by atoms with Gasteiger partial charge in [0.25, 0.3) is 0 Å². The minimum atomic E-state index is -0.980. The van der Waals surface area contributed by atoms with Crippen LogP contribution in [0.3, 0.4) is 0 Å². The molecule has 9 nitrogen and oxygen atoms in total. The molecule has 32 heavy (non-hydrogen) atoms. The van der Waals surface area contributed by atoms with Crippen LogP contribution >= 0.6 is 0 Å². The Bertz CT molecular complexity index is 664. The molecule has 9 heteroatoms. The average molecular weight is 459 g/mol. The van der Waals surface area contributed by atoms with Gasteiger partial charge in [-0.2, -0.15) is 0 Å². The molecule has 0 spiro atoms. The first-order chi connectivity index (χ1) is 15.0. The standard InChI is InChI=1S/C23H38O9/c1-9-17-13(5)20(28-15(7)25)21(29-16(8)26)23(30-17)32-22-12(4)11(3)19(27-14(6)24)18(10-2)31-22/h11-13,17-23H,9-10H2,1-8H3/t11-,12-,13-,17-,18-,19?,20+,21-,22-,23-/m1/s1. The Labute approximate surface area is 190 Å². The molecule has 0 aromatic rings. The summed E-state index contributed by atoms with van der Waals surface area (Å²) in [7, 11) is 0. The Morgan fingerprint density at radius 3 is 1.59 bits per heavy atom. The first kappa shape index (κ1) is 26.5. The first-order valence-electron chi connectivity index (χ1n) is 11.5. The van der Waals surface area contributed by atoms with E-state index in [1.165, 1.54) is 20.8 Å². The molecule has 0 amide bonds. The fraction of sp³-hybridized carbons (Fsp3) is 0.870. The number of esters is 3. The topological polar surface area (TPSA) is 107 Å². The predicted octanol–water partition coefficient (Wildman–Crippen LogP) is 2.98. The van der Waals surface area contributed by atoms with Crippen molar-refractivity contribution in [2.45, 2.75) is 111 Å². The van der Waals surface area contributed by atoms with Gasteiger partial charge in [0.1, 0.15) is 12.2 Å². The number of carbonyl (C=O) groups excluding carboxylic acids is 3. The molecule has 0 aliphatic carbocycles. The van der Waals surface area contributed by atoms with Gasteiger partial charge >= 0.3 is 17.9 Å². The molecule has 2 aliphatic rings. The van der Waals surface area contributed by atoms with Crippen molar-refractivity contribution in [3.05, 3.63) is 0 Å². The van der Waals surface area contributed by atoms with Crippen molar-refractivity contribution in [2.75, 3.05) is 0 Å². The molecular weight excluding hydrogens is 420 g/mol. The molecule has 2 fully saturated rings. The van der Waals surface area contributed by atoms with Crippen molar-refractivity contribution in [1.29, 1.82) is 0 Å². The molecule has 0 aromatic heterocycles. The summed E-state index contributed by atoms with van der Waals surface area (Å²) in [4.78, 5) is 35.2. The van der Waals surface area contributed by atoms with Gasteiger partial charge in [-0.05, 0) is 12.8 Å². The summed E-state index contributed by atoms with van der Waals surface area (Å²) >= 11 is 0. The second-order valence-corrected chi connectivity index (χ2v) is 8.84. The van der Waals surface area contributed by atoms with Gasteiger partial charge in [0.15, 0.2) is 12.4 Å². The normalized spacial score (nSPS) is 39.8. The highest BCUT2D eigenvalue weighted by molar-refractivity contribution is 5.67. The van der Waals surface area contributed by atoms with Crippen molar-refractivity contribution >= 4 is 17.9 Å². The highest BCUT2D eigenvalue weighted by atomic mass is 16.8. The smallest absolute Gasteiger partial charge is 0.303 e. The van der Waals surface area contributed by atoms with E-state index >= 15 is 0 Å². The lowest BCUT2D eigenvalue weighted by Crippen LogP contribution is -2.60. The third kappa shape index (κ3) is 6.20. The summed E-state index contributed by atoms with van der Waals surface area (Å²) in [5.41, 5.74) is 0. The fourth-order valence-corrected chi connectivity index (χ4v) is 4.55. The summed E-state index contributed by atoms with van der Waals surface area (Å²) in [6, 6.07) is 0. The Kier molecular flexibility index (Phi) is 9.48. The third-order valence-corrected chi connectivity index (χ3v) is 6.44. The molecule has 0 saturated carbocycles. The van der Waals surface area contributed by atoms with Crippen molar-refractivity contribution in [2.24, 2.45) is 17.8 Å². The van der Waals surface area contributed by atoms with Crippen LogP contribution < -0.4 is 0 Å². The number of carbonyl (C=O) groups is 3. The number of hydrogen-bond donors (Lipinski definition) is 0. The summed E-state index contributed by atoms with van der Waals surface area (Å²) in [5, 5.41) is 0. The molecule has 184 valence electrons. The molecule has 0 aromatic carbocycles. The Morgan fingerprint density at radius 1 is 0.625 bits per heavy atom. The molecule has 0 N–H and O–H groups in total. The number of rotatable bonds is 7. The van der Waals surface area contributed by atoms with E-state index in [-0.39, 0.29) is 42.0 Å². The maximum absolute atomic E-state index is 11.8. The van der Waals surface area contributed by atoms with E-state index in [2.05, 4.69) is 0 Å². The van der Waals surface area contributed by atoms with Crippen LogP contribution in [0.1, 0.15) is 68.2 Å². The van der Waals surface area contributed by atoms with Gasteiger partial charge in [-0.3, -0.25) is 14.4 Å². The van der Waals surface area contributed by atoms with Crippen LogP contribution in [-0.4, -0.2) is 61.0 Å². The highest BCUT2D eigenvalue weighted by Gasteiger charge is 2.51. The van der Waals surface area contributed by atoms with Crippen molar-refractivity contribution in [3.8, 4) is 0 Å². The molecule has 2 rings (SSSR count). The second kappa shape index (κ2) is 11.4. The van der Waals surface area contributed by atoms with Crippen LogP contribution in [0.5, 0.6) is 0 Å². The Hall–Kier alpha value is -1.71. The van der Waals surface area contributed by atoms with E-state index in [1.807, 2.05) is 34.6 Å². The monoisotopic (exact) mass is 458 g/mol. The van der Waals surface area contributed by atoms with Crippen molar-refractivity contribution < 1.29 is 42.8 Å². The van der Waals surface area contributed by atoms with E-state index in [1.54, 1.807) is 0 Å². The SMILES string of the molecule is CC[C@H]1O[C@H](O[C@H]2O[C@H](CC)[C@@H](C)[C@H](OC(C)=O)[C@H]2OC(C)=O)[C@H](C)[C@@H](C)C1OC(C)=O. The summed E-state index contributed by atoms with van der Waals surface area (Å²) < 4.78 is 35.2. The van der Waals surface area contributed by atoms with Gasteiger partial charge in [0, 0.05) is 38.5 Å². The van der Waals surface area contributed by atoms with Crippen LogP contribution in [0, 0.1) is 17.8 Å². The van der Waals surface area contributed by atoms with Gasteiger partial charge < -0.3 is 28.4 Å². The van der Waals surface area contributed by atoms with E-state index in [0.717, 1.165) is 0 Å². The molecule has 2 heterocycles. The Balaban J connectivity index is 2.28. The zero-order chi connectivity index (χ0) is 24.2. The molecule has 2 aliphatic heterocycles. The number of ether oxygens (including phenoxy) is 6. The molecule has 1 unspecified atom stereocenters. The largest absolute Gasteiger partial charge is 0.459 e. The highest BCUT2D eigenvalue weighted by Crippen LogP contribution is 2.38. The quantitative estimate of drug-likeness (QED) is 0.420. The summed E-state index contributed by atoms with van der Waals surface area (Å²) in [6.45, 7) is 13.7. The second-order valence-electron chi connectivity index (χ2n) is 8.84. The lowest BCUT2D eigenvalue weighted by Gasteiger charge is -2.48. The molecule has 0 bridgehead atoms. The van der Waals surface area contributed by atoms with Gasteiger partial charge in [-0.15, -0.1) is 0 Å². The maximum atomic E-state index is 11.8. The average Bonchev–Trinajstić information content (AvgIpc) is 2.71. The van der Waals surface area contributed by atoms with E-state index < -0.39 is 36.7 Å². The minimum Gasteiger partial charge on any atom is -0.459 e. The van der Waals surface area contributed by atoms with Crippen LogP contribution in [-0.2, 0) is 42.8 Å². The Morgan fingerprint density at radius 2 is 1.09 bits per heavy atom.